The van der Waals surface area contributed by atoms with E-state index in [1.54, 1.807) is 23.7 Å². The van der Waals surface area contributed by atoms with E-state index in [4.69, 9.17) is 16.1 Å². The summed E-state index contributed by atoms with van der Waals surface area (Å²) in [6.45, 7) is 5.77. The molecule has 1 fully saturated rings. The summed E-state index contributed by atoms with van der Waals surface area (Å²) in [5.74, 6) is 1.26. The molecule has 0 radical (unpaired) electrons. The first-order valence-electron chi connectivity index (χ1n) is 9.26. The summed E-state index contributed by atoms with van der Waals surface area (Å²) >= 11 is 6.05. The van der Waals surface area contributed by atoms with Crippen LogP contribution in [0.25, 0.3) is 5.69 Å². The molecule has 2 aromatic heterocycles. The van der Waals surface area contributed by atoms with Crippen molar-refractivity contribution in [1.82, 2.24) is 30.5 Å². The molecule has 3 aromatic rings. The zero-order chi connectivity index (χ0) is 19.8. The number of amides is 1. The van der Waals surface area contributed by atoms with Crippen LogP contribution in [0, 0.1) is 12.8 Å². The molecule has 9 heteroatoms. The highest BCUT2D eigenvalue weighted by molar-refractivity contribution is 6.30. The lowest BCUT2D eigenvalue weighted by Crippen LogP contribution is -2.32. The second-order valence-electron chi connectivity index (χ2n) is 7.38. The van der Waals surface area contributed by atoms with Crippen molar-refractivity contribution in [1.29, 1.82) is 0 Å². The van der Waals surface area contributed by atoms with Gasteiger partial charge in [0.25, 0.3) is 5.91 Å². The smallest absolute Gasteiger partial charge is 0.274 e. The number of hydrogen-bond donors (Lipinski definition) is 1. The van der Waals surface area contributed by atoms with Crippen molar-refractivity contribution in [3.63, 3.8) is 0 Å². The van der Waals surface area contributed by atoms with Gasteiger partial charge in [-0.25, -0.2) is 4.68 Å². The average Bonchev–Trinajstić information content (AvgIpc) is 3.26. The van der Waals surface area contributed by atoms with Gasteiger partial charge in [-0.15, -0.1) is 5.10 Å². The molecule has 1 saturated carbocycles. The van der Waals surface area contributed by atoms with Crippen molar-refractivity contribution in [2.45, 2.75) is 45.6 Å². The van der Waals surface area contributed by atoms with Crippen molar-refractivity contribution in [2.24, 2.45) is 5.92 Å². The van der Waals surface area contributed by atoms with Crippen LogP contribution in [0.1, 0.15) is 66.5 Å². The van der Waals surface area contributed by atoms with E-state index in [-0.39, 0.29) is 17.5 Å². The minimum absolute atomic E-state index is 0.0692. The number of nitrogens with one attached hydrogen (secondary N) is 1. The maximum atomic E-state index is 12.9. The number of carbonyl (C=O) groups excluding carboxylic acids is 1. The van der Waals surface area contributed by atoms with Gasteiger partial charge in [-0.2, -0.15) is 4.98 Å². The Labute approximate surface area is 167 Å². The number of benzene rings is 1. The summed E-state index contributed by atoms with van der Waals surface area (Å²) in [5, 5.41) is 15.8. The topological polar surface area (TPSA) is 98.7 Å². The second-order valence-corrected chi connectivity index (χ2v) is 7.81. The van der Waals surface area contributed by atoms with Crippen LogP contribution < -0.4 is 5.32 Å². The Kier molecular flexibility index (Phi) is 4.89. The quantitative estimate of drug-likeness (QED) is 0.678. The number of halogens is 1. The maximum Gasteiger partial charge on any atom is 0.274 e. The zero-order valence-corrected chi connectivity index (χ0v) is 16.6. The first kappa shape index (κ1) is 18.6. The molecule has 1 aliphatic rings. The molecule has 8 nitrogen and oxygen atoms in total. The SMILES string of the molecule is Cc1c(C(=O)NC(c2nc(C3CC3)no2)C(C)C)nnn1-c1cccc(Cl)c1. The molecule has 1 N–H and O–H groups in total. The van der Waals surface area contributed by atoms with Gasteiger partial charge in [0.15, 0.2) is 11.5 Å². The summed E-state index contributed by atoms with van der Waals surface area (Å²) in [5.41, 5.74) is 1.60. The van der Waals surface area contributed by atoms with E-state index in [1.807, 2.05) is 26.0 Å². The molecule has 1 atom stereocenters. The van der Waals surface area contributed by atoms with Crippen LogP contribution in [0.3, 0.4) is 0 Å². The lowest BCUT2D eigenvalue weighted by molar-refractivity contribution is 0.0908. The summed E-state index contributed by atoms with van der Waals surface area (Å²) in [4.78, 5) is 17.4. The minimum atomic E-state index is -0.400. The number of rotatable bonds is 6. The predicted octanol–water partition coefficient (Wildman–Crippen LogP) is 3.62. The fraction of sp³-hybridized carbons (Fsp3) is 0.421. The third kappa shape index (κ3) is 3.64. The van der Waals surface area contributed by atoms with E-state index in [0.29, 0.717) is 22.5 Å². The van der Waals surface area contributed by atoms with Gasteiger partial charge >= 0.3 is 0 Å². The fourth-order valence-electron chi connectivity index (χ4n) is 3.00. The summed E-state index contributed by atoms with van der Waals surface area (Å²) in [6.07, 6.45) is 2.17. The van der Waals surface area contributed by atoms with Gasteiger partial charge < -0.3 is 9.84 Å². The van der Waals surface area contributed by atoms with Gasteiger partial charge in [0.1, 0.15) is 6.04 Å². The molecule has 4 rings (SSSR count). The fourth-order valence-corrected chi connectivity index (χ4v) is 3.18. The predicted molar refractivity (Wildman–Crippen MR) is 102 cm³/mol. The highest BCUT2D eigenvalue weighted by Gasteiger charge is 2.32. The van der Waals surface area contributed by atoms with Crippen molar-refractivity contribution < 1.29 is 9.32 Å². The first-order valence-corrected chi connectivity index (χ1v) is 9.64. The third-order valence-corrected chi connectivity index (χ3v) is 5.02. The van der Waals surface area contributed by atoms with Crippen LogP contribution in [0.15, 0.2) is 28.8 Å². The van der Waals surface area contributed by atoms with E-state index in [1.165, 1.54) is 0 Å². The van der Waals surface area contributed by atoms with Gasteiger partial charge in [0, 0.05) is 10.9 Å². The molecular weight excluding hydrogens is 380 g/mol. The van der Waals surface area contributed by atoms with Gasteiger partial charge in [0.05, 0.1) is 11.4 Å². The van der Waals surface area contributed by atoms with Crippen LogP contribution in [-0.2, 0) is 0 Å². The highest BCUT2D eigenvalue weighted by atomic mass is 35.5. The van der Waals surface area contributed by atoms with Crippen LogP contribution >= 0.6 is 11.6 Å². The molecule has 146 valence electrons. The van der Waals surface area contributed by atoms with E-state index in [9.17, 15) is 4.79 Å². The summed E-state index contributed by atoms with van der Waals surface area (Å²) in [6, 6.07) is 6.81. The molecule has 1 unspecified atom stereocenters. The largest absolute Gasteiger partial charge is 0.339 e. The zero-order valence-electron chi connectivity index (χ0n) is 15.9. The van der Waals surface area contributed by atoms with Gasteiger partial charge in [-0.05, 0) is 43.9 Å². The summed E-state index contributed by atoms with van der Waals surface area (Å²) in [7, 11) is 0. The Bertz CT molecular complexity index is 1010. The van der Waals surface area contributed by atoms with Crippen molar-refractivity contribution in [2.75, 3.05) is 0 Å². The van der Waals surface area contributed by atoms with Crippen molar-refractivity contribution >= 4 is 17.5 Å². The molecule has 0 spiro atoms. The molecule has 0 saturated heterocycles. The Morgan fingerprint density at radius 1 is 1.36 bits per heavy atom. The molecule has 1 amide bonds. The highest BCUT2D eigenvalue weighted by Crippen LogP contribution is 2.38. The van der Waals surface area contributed by atoms with Crippen molar-refractivity contribution in [3.05, 3.63) is 52.4 Å². The number of hydrogen-bond acceptors (Lipinski definition) is 6. The second kappa shape index (κ2) is 7.35. The number of carbonyl (C=O) groups is 1. The first-order chi connectivity index (χ1) is 13.4. The van der Waals surface area contributed by atoms with E-state index >= 15 is 0 Å². The van der Waals surface area contributed by atoms with Crippen LogP contribution in [0.5, 0.6) is 0 Å². The van der Waals surface area contributed by atoms with E-state index < -0.39 is 6.04 Å². The van der Waals surface area contributed by atoms with E-state index in [0.717, 1.165) is 24.4 Å². The lowest BCUT2D eigenvalue weighted by Gasteiger charge is -2.18. The molecule has 28 heavy (non-hydrogen) atoms. The molecule has 1 aliphatic carbocycles. The minimum Gasteiger partial charge on any atom is -0.339 e. The van der Waals surface area contributed by atoms with E-state index in [2.05, 4.69) is 25.8 Å². The van der Waals surface area contributed by atoms with Crippen LogP contribution in [0.2, 0.25) is 5.02 Å². The Balaban J connectivity index is 1.56. The van der Waals surface area contributed by atoms with Crippen LogP contribution in [0.4, 0.5) is 0 Å². The van der Waals surface area contributed by atoms with Crippen molar-refractivity contribution in [3.8, 4) is 5.69 Å². The monoisotopic (exact) mass is 400 g/mol. The number of aromatic nitrogens is 5. The Hall–Kier alpha value is -2.74. The molecular formula is C19H21ClN6O2. The molecule has 2 heterocycles. The average molecular weight is 401 g/mol. The molecule has 1 aromatic carbocycles. The molecule has 0 aliphatic heterocycles. The normalized spacial score (nSPS) is 15.0. The van der Waals surface area contributed by atoms with Gasteiger partial charge in [-0.1, -0.05) is 41.9 Å². The molecule has 0 bridgehead atoms. The number of nitrogens with zero attached hydrogens (tertiary/aromatic N) is 5. The third-order valence-electron chi connectivity index (χ3n) is 4.78. The lowest BCUT2D eigenvalue weighted by atomic mass is 10.0. The summed E-state index contributed by atoms with van der Waals surface area (Å²) < 4.78 is 7.00. The Morgan fingerprint density at radius 2 is 2.14 bits per heavy atom. The standard InChI is InChI=1S/C19H21ClN6O2/c1-10(2)15(19-22-17(24-28-19)12-7-8-12)21-18(27)16-11(3)26(25-23-16)14-6-4-5-13(20)9-14/h4-6,9-10,12,15H,7-8H2,1-3H3,(H,21,27). The Morgan fingerprint density at radius 3 is 2.82 bits per heavy atom. The maximum absolute atomic E-state index is 12.9. The van der Waals surface area contributed by atoms with Gasteiger partial charge in [-0.3, -0.25) is 4.79 Å². The van der Waals surface area contributed by atoms with Gasteiger partial charge in [0.2, 0.25) is 5.89 Å². The van der Waals surface area contributed by atoms with Crippen LogP contribution in [-0.4, -0.2) is 31.0 Å².